The van der Waals surface area contributed by atoms with Crippen LogP contribution < -0.4 is 0 Å². The number of likely N-dealkylation sites (N-methyl/N-ethyl adjacent to an activating group) is 1. The Kier molecular flexibility index (Phi) is 5.20. The normalized spacial score (nSPS) is 12.6. The van der Waals surface area contributed by atoms with Crippen LogP contribution in [0, 0.1) is 11.3 Å². The molecule has 0 amide bonds. The van der Waals surface area contributed by atoms with Gasteiger partial charge in [0.15, 0.2) is 0 Å². The minimum atomic E-state index is -2.63. The molecule has 1 atom stereocenters. The molecule has 7 heteroatoms. The Morgan fingerprint density at radius 1 is 1.36 bits per heavy atom. The van der Waals surface area contributed by atoms with Gasteiger partial charge in [-0.1, -0.05) is 12.1 Å². The molecule has 5 nitrogen and oxygen atoms in total. The van der Waals surface area contributed by atoms with Gasteiger partial charge in [0.25, 0.3) is 0 Å². The quantitative estimate of drug-likeness (QED) is 0.889. The third kappa shape index (κ3) is 3.87. The Morgan fingerprint density at radius 2 is 2.05 bits per heavy atom. The van der Waals surface area contributed by atoms with Gasteiger partial charge in [0.05, 0.1) is 24.3 Å². The van der Waals surface area contributed by atoms with E-state index in [1.165, 1.54) is 12.4 Å². The first-order chi connectivity index (χ1) is 10.5. The average Bonchev–Trinajstić information content (AvgIpc) is 2.95. The molecule has 0 aliphatic heterocycles. The smallest absolute Gasteiger partial charge is 0.319 e. The second-order valence-electron chi connectivity index (χ2n) is 4.97. The largest absolute Gasteiger partial charge is 0.387 e. The first-order valence-electron chi connectivity index (χ1n) is 6.67. The van der Waals surface area contributed by atoms with Crippen LogP contribution in [0.3, 0.4) is 0 Å². The van der Waals surface area contributed by atoms with Crippen molar-refractivity contribution >= 4 is 0 Å². The van der Waals surface area contributed by atoms with Gasteiger partial charge < -0.3 is 5.11 Å². The number of nitriles is 1. The molecular weight excluding hydrogens is 290 g/mol. The molecule has 1 aromatic heterocycles. The Labute approximate surface area is 127 Å². The molecule has 2 rings (SSSR count). The highest BCUT2D eigenvalue weighted by atomic mass is 19.3. The molecule has 2 aromatic rings. The van der Waals surface area contributed by atoms with E-state index in [1.54, 1.807) is 36.2 Å². The van der Waals surface area contributed by atoms with Crippen LogP contribution in [0.5, 0.6) is 0 Å². The summed E-state index contributed by atoms with van der Waals surface area (Å²) in [6.45, 7) is -2.17. The van der Waals surface area contributed by atoms with Crippen LogP contribution in [0.4, 0.5) is 8.78 Å². The van der Waals surface area contributed by atoms with E-state index in [9.17, 15) is 13.9 Å². The number of aliphatic hydroxyl groups excluding tert-OH is 1. The third-order valence-electron chi connectivity index (χ3n) is 3.28. The van der Waals surface area contributed by atoms with Crippen molar-refractivity contribution in [2.75, 3.05) is 13.6 Å². The topological polar surface area (TPSA) is 65.1 Å². The molecule has 116 valence electrons. The summed E-state index contributed by atoms with van der Waals surface area (Å²) in [6.07, 6.45) is 1.78. The van der Waals surface area contributed by atoms with Crippen LogP contribution in [0.2, 0.25) is 0 Å². The maximum atomic E-state index is 12.7. The van der Waals surface area contributed by atoms with E-state index in [0.717, 1.165) is 4.57 Å². The fraction of sp³-hybridized carbons (Fsp3) is 0.333. The highest BCUT2D eigenvalue weighted by Crippen LogP contribution is 2.17. The van der Waals surface area contributed by atoms with Gasteiger partial charge in [0.1, 0.15) is 5.82 Å². The van der Waals surface area contributed by atoms with Crippen LogP contribution >= 0.6 is 0 Å². The van der Waals surface area contributed by atoms with E-state index in [-0.39, 0.29) is 18.9 Å². The molecule has 1 unspecified atom stereocenters. The zero-order chi connectivity index (χ0) is 16.1. The van der Waals surface area contributed by atoms with Crippen LogP contribution in [0.1, 0.15) is 29.6 Å². The van der Waals surface area contributed by atoms with Gasteiger partial charge in [-0.2, -0.15) is 14.0 Å². The van der Waals surface area contributed by atoms with Crippen molar-refractivity contribution in [1.29, 1.82) is 5.26 Å². The molecule has 0 saturated carbocycles. The molecule has 0 aliphatic carbocycles. The average molecular weight is 306 g/mol. The zero-order valence-corrected chi connectivity index (χ0v) is 12.0. The fourth-order valence-electron chi connectivity index (χ4n) is 2.13. The predicted molar refractivity (Wildman–Crippen MR) is 75.9 cm³/mol. The molecule has 22 heavy (non-hydrogen) atoms. The molecule has 1 N–H and O–H groups in total. The molecule has 0 aliphatic rings. The van der Waals surface area contributed by atoms with Crippen molar-refractivity contribution in [1.82, 2.24) is 14.5 Å². The van der Waals surface area contributed by atoms with Gasteiger partial charge in [-0.25, -0.2) is 4.98 Å². The van der Waals surface area contributed by atoms with Gasteiger partial charge in [0.2, 0.25) is 0 Å². The van der Waals surface area contributed by atoms with E-state index < -0.39 is 12.7 Å². The fourth-order valence-corrected chi connectivity index (χ4v) is 2.13. The number of hydrogen-bond acceptors (Lipinski definition) is 4. The maximum absolute atomic E-state index is 12.7. The van der Waals surface area contributed by atoms with Gasteiger partial charge in [-0.3, -0.25) is 9.47 Å². The molecule has 0 spiro atoms. The summed E-state index contributed by atoms with van der Waals surface area (Å²) in [5.74, 6) is 0.240. The summed E-state index contributed by atoms with van der Waals surface area (Å²) in [6, 6.07) is 8.62. The number of aromatic nitrogens is 2. The van der Waals surface area contributed by atoms with Gasteiger partial charge >= 0.3 is 6.55 Å². The SMILES string of the molecule is CN(Cc1nccn1C(F)F)CC(O)c1ccc(C#N)cc1. The van der Waals surface area contributed by atoms with Crippen LogP contribution in [-0.4, -0.2) is 33.1 Å². The second-order valence-corrected chi connectivity index (χ2v) is 4.97. The monoisotopic (exact) mass is 306 g/mol. The van der Waals surface area contributed by atoms with Gasteiger partial charge in [-0.05, 0) is 24.7 Å². The number of alkyl halides is 2. The first-order valence-corrected chi connectivity index (χ1v) is 6.67. The van der Waals surface area contributed by atoms with Crippen LogP contribution in [0.25, 0.3) is 0 Å². The third-order valence-corrected chi connectivity index (χ3v) is 3.28. The van der Waals surface area contributed by atoms with Gasteiger partial charge in [0, 0.05) is 18.9 Å². The Bertz CT molecular complexity index is 648. The van der Waals surface area contributed by atoms with E-state index in [0.29, 0.717) is 11.1 Å². The first kappa shape index (κ1) is 16.1. The van der Waals surface area contributed by atoms with Crippen molar-refractivity contribution in [3.63, 3.8) is 0 Å². The summed E-state index contributed by atoms with van der Waals surface area (Å²) in [5.41, 5.74) is 1.19. The van der Waals surface area contributed by atoms with E-state index >= 15 is 0 Å². The standard InChI is InChI=1S/C15H16F2N4O/c1-20(10-14-19-6-7-21(14)15(16)17)9-13(22)12-4-2-11(8-18)3-5-12/h2-7,13,15,22H,9-10H2,1H3. The minimum absolute atomic E-state index is 0.199. The summed E-state index contributed by atoms with van der Waals surface area (Å²) in [7, 11) is 1.72. The summed E-state index contributed by atoms with van der Waals surface area (Å²) in [5, 5.41) is 18.9. The lowest BCUT2D eigenvalue weighted by atomic mass is 10.1. The Balaban J connectivity index is 1.97. The number of benzene rings is 1. The molecule has 0 saturated heterocycles. The molecule has 0 bridgehead atoms. The second kappa shape index (κ2) is 7.11. The zero-order valence-electron chi connectivity index (χ0n) is 12.0. The van der Waals surface area contributed by atoms with Crippen molar-refractivity contribution in [2.24, 2.45) is 0 Å². The number of halogens is 2. The summed E-state index contributed by atoms with van der Waals surface area (Å²) >= 11 is 0. The lowest BCUT2D eigenvalue weighted by Crippen LogP contribution is -2.26. The van der Waals surface area contributed by atoms with Crippen molar-refractivity contribution < 1.29 is 13.9 Å². The molecule has 1 aromatic carbocycles. The Morgan fingerprint density at radius 3 is 2.64 bits per heavy atom. The number of imidazole rings is 1. The van der Waals surface area contributed by atoms with Crippen LogP contribution in [-0.2, 0) is 6.54 Å². The summed E-state index contributed by atoms with van der Waals surface area (Å²) in [4.78, 5) is 5.62. The lowest BCUT2D eigenvalue weighted by Gasteiger charge is -2.21. The maximum Gasteiger partial charge on any atom is 0.319 e. The van der Waals surface area contributed by atoms with Gasteiger partial charge in [-0.15, -0.1) is 0 Å². The van der Waals surface area contributed by atoms with Crippen molar-refractivity contribution in [3.8, 4) is 6.07 Å². The van der Waals surface area contributed by atoms with Crippen LogP contribution in [0.15, 0.2) is 36.7 Å². The minimum Gasteiger partial charge on any atom is -0.387 e. The Hall–Kier alpha value is -2.30. The predicted octanol–water partition coefficient (Wildman–Crippen LogP) is 2.32. The van der Waals surface area contributed by atoms with Crippen molar-refractivity contribution in [2.45, 2.75) is 19.2 Å². The van der Waals surface area contributed by atoms with E-state index in [4.69, 9.17) is 5.26 Å². The molecule has 0 fully saturated rings. The highest BCUT2D eigenvalue weighted by molar-refractivity contribution is 5.32. The number of rotatable bonds is 6. The van der Waals surface area contributed by atoms with E-state index in [2.05, 4.69) is 4.98 Å². The number of hydrogen-bond donors (Lipinski definition) is 1. The highest BCUT2D eigenvalue weighted by Gasteiger charge is 2.16. The lowest BCUT2D eigenvalue weighted by molar-refractivity contribution is 0.0624. The molecular formula is C15H16F2N4O. The van der Waals surface area contributed by atoms with E-state index in [1.807, 2.05) is 6.07 Å². The molecule has 1 heterocycles. The van der Waals surface area contributed by atoms with Crippen molar-refractivity contribution in [3.05, 3.63) is 53.6 Å². The number of aliphatic hydroxyl groups is 1. The summed E-state index contributed by atoms with van der Waals surface area (Å²) < 4.78 is 26.3. The molecule has 0 radical (unpaired) electrons. The number of nitrogens with zero attached hydrogens (tertiary/aromatic N) is 4.